The summed E-state index contributed by atoms with van der Waals surface area (Å²) >= 11 is 0. The van der Waals surface area contributed by atoms with Crippen LogP contribution in [-0.2, 0) is 4.74 Å². The second kappa shape index (κ2) is 6.83. The Morgan fingerprint density at radius 3 is 2.71 bits per heavy atom. The van der Waals surface area contributed by atoms with E-state index >= 15 is 0 Å². The molecule has 2 fully saturated rings. The lowest BCUT2D eigenvalue weighted by Crippen LogP contribution is -2.70. The van der Waals surface area contributed by atoms with Gasteiger partial charge in [-0.2, -0.15) is 0 Å². The summed E-state index contributed by atoms with van der Waals surface area (Å²) in [7, 11) is 1.76. The van der Waals surface area contributed by atoms with E-state index in [0.717, 1.165) is 44.3 Å². The van der Waals surface area contributed by atoms with Gasteiger partial charge in [-0.3, -0.25) is 10.7 Å². The fourth-order valence-corrected chi connectivity index (χ4v) is 3.13. The Kier molecular flexibility index (Phi) is 5.09. The molecule has 0 aromatic carbocycles. The normalized spacial score (nSPS) is 30.8. The SMILES string of the molecule is C[NH+]=C(N)/C=C(\N)[C@H]1CC[C@@H](OC(=O)N2CCC[C@H]2C)C1. The lowest BCUT2D eigenvalue weighted by Gasteiger charge is -2.23. The third kappa shape index (κ3) is 3.89. The fourth-order valence-electron chi connectivity index (χ4n) is 3.13. The number of rotatable bonds is 3. The quantitative estimate of drug-likeness (QED) is 0.491. The summed E-state index contributed by atoms with van der Waals surface area (Å²) in [6, 6.07) is 0.296. The van der Waals surface area contributed by atoms with Crippen LogP contribution in [0.3, 0.4) is 0 Å². The standard InChI is InChI=1S/C15H26N4O2/c1-10-4-3-7-19(10)15(20)21-12-6-5-11(8-12)13(16)9-14(17)18-2/h9-12H,3-8,16H2,1-2H3,(H2,17,18)/p+1/b13-9-/t10-,11+,12-/m1/s1. The van der Waals surface area contributed by atoms with Crippen LogP contribution in [0.5, 0.6) is 0 Å². The van der Waals surface area contributed by atoms with Crippen molar-refractivity contribution in [3.05, 3.63) is 11.8 Å². The number of carbonyl (C=O) groups is 1. The molecular weight excluding hydrogens is 268 g/mol. The molecule has 2 aliphatic rings. The van der Waals surface area contributed by atoms with Crippen molar-refractivity contribution < 1.29 is 14.5 Å². The van der Waals surface area contributed by atoms with Gasteiger partial charge >= 0.3 is 6.09 Å². The molecule has 6 nitrogen and oxygen atoms in total. The molecule has 3 atom stereocenters. The van der Waals surface area contributed by atoms with Gasteiger partial charge in [0.1, 0.15) is 6.10 Å². The largest absolute Gasteiger partial charge is 0.446 e. The maximum absolute atomic E-state index is 12.1. The Morgan fingerprint density at radius 2 is 2.10 bits per heavy atom. The number of hydrogen-bond donors (Lipinski definition) is 3. The Hall–Kier alpha value is -1.72. The van der Waals surface area contributed by atoms with E-state index in [4.69, 9.17) is 16.2 Å². The van der Waals surface area contributed by atoms with Gasteiger partial charge in [0, 0.05) is 30.3 Å². The second-order valence-corrected chi connectivity index (χ2v) is 6.05. The third-order valence-corrected chi connectivity index (χ3v) is 4.52. The van der Waals surface area contributed by atoms with Gasteiger partial charge in [-0.25, -0.2) is 4.79 Å². The minimum atomic E-state index is -0.172. The molecule has 118 valence electrons. The number of nitrogens with zero attached hydrogens (tertiary/aromatic N) is 1. The van der Waals surface area contributed by atoms with Gasteiger partial charge < -0.3 is 15.4 Å². The zero-order valence-electron chi connectivity index (χ0n) is 13.0. The van der Waals surface area contributed by atoms with E-state index in [1.807, 2.05) is 4.90 Å². The minimum Gasteiger partial charge on any atom is -0.446 e. The van der Waals surface area contributed by atoms with Crippen LogP contribution < -0.4 is 16.5 Å². The molecule has 2 rings (SSSR count). The van der Waals surface area contributed by atoms with Crippen molar-refractivity contribution in [2.45, 2.75) is 51.2 Å². The number of nitrogens with two attached hydrogens (primary N) is 2. The van der Waals surface area contributed by atoms with Crippen LogP contribution in [0.15, 0.2) is 11.8 Å². The Bertz CT molecular complexity index is 447. The number of carbonyl (C=O) groups excluding carboxylic acids is 1. The molecule has 0 aromatic heterocycles. The lowest BCUT2D eigenvalue weighted by atomic mass is 10.0. The number of nitrogens with one attached hydrogen (secondary N) is 1. The van der Waals surface area contributed by atoms with E-state index in [1.165, 1.54) is 0 Å². The first-order chi connectivity index (χ1) is 10.0. The number of amidine groups is 1. The average Bonchev–Trinajstić information content (AvgIpc) is 3.07. The Balaban J connectivity index is 1.85. The molecule has 0 unspecified atom stereocenters. The van der Waals surface area contributed by atoms with Gasteiger partial charge in [0.05, 0.1) is 7.05 Å². The van der Waals surface area contributed by atoms with Gasteiger partial charge in [0.2, 0.25) is 0 Å². The predicted molar refractivity (Wildman–Crippen MR) is 81.4 cm³/mol. The average molecular weight is 295 g/mol. The van der Waals surface area contributed by atoms with E-state index in [9.17, 15) is 4.79 Å². The second-order valence-electron chi connectivity index (χ2n) is 6.05. The summed E-state index contributed by atoms with van der Waals surface area (Å²) < 4.78 is 5.63. The summed E-state index contributed by atoms with van der Waals surface area (Å²) in [6.45, 7) is 2.88. The number of likely N-dealkylation sites (tertiary alicyclic amines) is 1. The van der Waals surface area contributed by atoms with E-state index in [-0.39, 0.29) is 18.1 Å². The molecular formula is C15H27N4O2+. The lowest BCUT2D eigenvalue weighted by molar-refractivity contribution is -0.419. The van der Waals surface area contributed by atoms with Crippen molar-refractivity contribution >= 4 is 11.9 Å². The maximum Gasteiger partial charge on any atom is 0.410 e. The van der Waals surface area contributed by atoms with Gasteiger partial charge in [-0.1, -0.05) is 0 Å². The molecule has 0 aromatic rings. The first kappa shape index (κ1) is 15.7. The van der Waals surface area contributed by atoms with Crippen molar-refractivity contribution in [3.63, 3.8) is 0 Å². The molecule has 1 amide bonds. The molecule has 0 radical (unpaired) electrons. The summed E-state index contributed by atoms with van der Waals surface area (Å²) in [6.07, 6.45) is 6.28. The first-order valence-corrected chi connectivity index (χ1v) is 7.75. The zero-order valence-corrected chi connectivity index (χ0v) is 13.0. The van der Waals surface area contributed by atoms with Crippen LogP contribution in [0, 0.1) is 5.92 Å². The smallest absolute Gasteiger partial charge is 0.410 e. The summed E-state index contributed by atoms with van der Waals surface area (Å²) in [5, 5.41) is 0. The van der Waals surface area contributed by atoms with Gasteiger partial charge in [0.15, 0.2) is 0 Å². The van der Waals surface area contributed by atoms with Crippen molar-refractivity contribution in [2.24, 2.45) is 17.4 Å². The molecule has 1 saturated heterocycles. The zero-order chi connectivity index (χ0) is 15.4. The molecule has 6 heteroatoms. The molecule has 21 heavy (non-hydrogen) atoms. The monoisotopic (exact) mass is 295 g/mol. The van der Waals surface area contributed by atoms with Crippen LogP contribution in [0.25, 0.3) is 0 Å². The summed E-state index contributed by atoms with van der Waals surface area (Å²) in [4.78, 5) is 16.8. The van der Waals surface area contributed by atoms with Crippen molar-refractivity contribution in [2.75, 3.05) is 13.6 Å². The van der Waals surface area contributed by atoms with E-state index in [0.29, 0.717) is 11.9 Å². The number of allylic oxidation sites excluding steroid dienone is 1. The van der Waals surface area contributed by atoms with Crippen LogP contribution in [0.1, 0.15) is 39.0 Å². The molecule has 1 heterocycles. The Morgan fingerprint density at radius 1 is 1.33 bits per heavy atom. The molecule has 0 bridgehead atoms. The van der Waals surface area contributed by atoms with Gasteiger partial charge in [-0.05, 0) is 39.0 Å². The number of ether oxygens (including phenoxy) is 1. The van der Waals surface area contributed by atoms with Crippen LogP contribution in [0.4, 0.5) is 4.79 Å². The minimum absolute atomic E-state index is 0.0296. The molecule has 5 N–H and O–H groups in total. The molecule has 0 spiro atoms. The van der Waals surface area contributed by atoms with Gasteiger partial charge in [-0.15, -0.1) is 0 Å². The van der Waals surface area contributed by atoms with Crippen molar-refractivity contribution in [1.29, 1.82) is 0 Å². The summed E-state index contributed by atoms with van der Waals surface area (Å²) in [5.41, 5.74) is 12.5. The van der Waals surface area contributed by atoms with E-state index < -0.39 is 0 Å². The van der Waals surface area contributed by atoms with Crippen LogP contribution >= 0.6 is 0 Å². The number of amides is 1. The maximum atomic E-state index is 12.1. The van der Waals surface area contributed by atoms with E-state index in [2.05, 4.69) is 11.9 Å². The van der Waals surface area contributed by atoms with Gasteiger partial charge in [0.25, 0.3) is 5.84 Å². The first-order valence-electron chi connectivity index (χ1n) is 7.75. The highest BCUT2D eigenvalue weighted by atomic mass is 16.6. The number of hydrogen-bond acceptors (Lipinski definition) is 3. The van der Waals surface area contributed by atoms with Crippen molar-refractivity contribution in [1.82, 2.24) is 4.90 Å². The van der Waals surface area contributed by atoms with Crippen LogP contribution in [0.2, 0.25) is 0 Å². The highest BCUT2D eigenvalue weighted by molar-refractivity contribution is 5.86. The molecule has 1 aliphatic heterocycles. The third-order valence-electron chi connectivity index (χ3n) is 4.52. The van der Waals surface area contributed by atoms with Crippen LogP contribution in [-0.4, -0.2) is 42.6 Å². The molecule has 1 aliphatic carbocycles. The topological polar surface area (TPSA) is 95.5 Å². The fraction of sp³-hybridized carbons (Fsp3) is 0.733. The highest BCUT2D eigenvalue weighted by Crippen LogP contribution is 2.32. The predicted octanol–water partition coefficient (Wildman–Crippen LogP) is -0.314. The Labute approximate surface area is 126 Å². The van der Waals surface area contributed by atoms with Crippen molar-refractivity contribution in [3.8, 4) is 0 Å². The highest BCUT2D eigenvalue weighted by Gasteiger charge is 2.33. The molecule has 1 saturated carbocycles. The summed E-state index contributed by atoms with van der Waals surface area (Å²) in [5.74, 6) is 0.796. The van der Waals surface area contributed by atoms with E-state index in [1.54, 1.807) is 13.1 Å².